The number of amides is 1. The van der Waals surface area contributed by atoms with E-state index < -0.39 is 15.9 Å². The standard InChI is InChI=1S/C28H33ClN2O4S/c1-16(2)23-15-24(19(5)13-26(23)35-7)20(6)30-28(32)21-9-11-25(29)27(14-21)36(33,34)31-22-10-8-17(3)18(4)12-22/h8-16,20,31H,1-7H3,(H,30,32)/t20-/m0/s1. The van der Waals surface area contributed by atoms with Gasteiger partial charge in [0.05, 0.1) is 18.2 Å². The van der Waals surface area contributed by atoms with Gasteiger partial charge in [0.1, 0.15) is 10.6 Å². The summed E-state index contributed by atoms with van der Waals surface area (Å²) in [5.74, 6) is 0.660. The molecule has 192 valence electrons. The maximum absolute atomic E-state index is 13.1. The molecule has 3 aromatic carbocycles. The van der Waals surface area contributed by atoms with Crippen LogP contribution >= 0.6 is 11.6 Å². The van der Waals surface area contributed by atoms with E-state index in [0.717, 1.165) is 33.6 Å². The molecular formula is C28H33ClN2O4S. The van der Waals surface area contributed by atoms with Gasteiger partial charge < -0.3 is 10.1 Å². The lowest BCUT2D eigenvalue weighted by Crippen LogP contribution is -2.27. The summed E-state index contributed by atoms with van der Waals surface area (Å²) in [7, 11) is -2.37. The third kappa shape index (κ3) is 6.02. The topological polar surface area (TPSA) is 84.5 Å². The van der Waals surface area contributed by atoms with E-state index in [1.54, 1.807) is 19.2 Å². The van der Waals surface area contributed by atoms with Gasteiger partial charge in [-0.15, -0.1) is 0 Å². The van der Waals surface area contributed by atoms with Gasteiger partial charge in [0.25, 0.3) is 15.9 Å². The van der Waals surface area contributed by atoms with Gasteiger partial charge in [0.15, 0.2) is 0 Å². The zero-order valence-corrected chi connectivity index (χ0v) is 23.3. The van der Waals surface area contributed by atoms with Gasteiger partial charge in [0.2, 0.25) is 0 Å². The summed E-state index contributed by atoms with van der Waals surface area (Å²) in [6.07, 6.45) is 0. The summed E-state index contributed by atoms with van der Waals surface area (Å²) in [6, 6.07) is 13.2. The Labute approximate surface area is 219 Å². The Morgan fingerprint density at radius 1 is 0.889 bits per heavy atom. The van der Waals surface area contributed by atoms with Crippen molar-refractivity contribution in [3.63, 3.8) is 0 Å². The number of hydrogen-bond donors (Lipinski definition) is 2. The summed E-state index contributed by atoms with van der Waals surface area (Å²) in [4.78, 5) is 13.0. The fourth-order valence-corrected chi connectivity index (χ4v) is 5.61. The molecule has 0 saturated carbocycles. The first kappa shape index (κ1) is 27.6. The van der Waals surface area contributed by atoms with Crippen LogP contribution in [0, 0.1) is 20.8 Å². The van der Waals surface area contributed by atoms with Crippen molar-refractivity contribution in [2.75, 3.05) is 11.8 Å². The second-order valence-corrected chi connectivity index (χ2v) is 11.4. The average molecular weight is 529 g/mol. The molecule has 0 heterocycles. The molecule has 3 aromatic rings. The molecule has 0 fully saturated rings. The first-order valence-corrected chi connectivity index (χ1v) is 13.6. The Morgan fingerprint density at radius 3 is 2.19 bits per heavy atom. The summed E-state index contributed by atoms with van der Waals surface area (Å²) < 4.78 is 34.3. The number of sulfonamides is 1. The van der Waals surface area contributed by atoms with Gasteiger partial charge in [-0.2, -0.15) is 0 Å². The van der Waals surface area contributed by atoms with E-state index in [1.165, 1.54) is 18.2 Å². The van der Waals surface area contributed by atoms with Gasteiger partial charge in [0, 0.05) is 11.3 Å². The minimum absolute atomic E-state index is 0.0310. The molecule has 0 aliphatic carbocycles. The summed E-state index contributed by atoms with van der Waals surface area (Å²) in [5.41, 5.74) is 5.63. The number of hydrogen-bond acceptors (Lipinski definition) is 4. The van der Waals surface area contributed by atoms with Crippen LogP contribution in [0.25, 0.3) is 0 Å². The summed E-state index contributed by atoms with van der Waals surface area (Å²) in [6.45, 7) is 11.9. The molecule has 1 amide bonds. The predicted molar refractivity (Wildman–Crippen MR) is 146 cm³/mol. The number of aryl methyl sites for hydroxylation is 3. The summed E-state index contributed by atoms with van der Waals surface area (Å²) >= 11 is 6.24. The predicted octanol–water partition coefficient (Wildman–Crippen LogP) is 6.69. The lowest BCUT2D eigenvalue weighted by Gasteiger charge is -2.21. The minimum Gasteiger partial charge on any atom is -0.496 e. The molecule has 0 unspecified atom stereocenters. The highest BCUT2D eigenvalue weighted by molar-refractivity contribution is 7.92. The molecule has 0 aliphatic heterocycles. The van der Waals surface area contributed by atoms with Crippen molar-refractivity contribution < 1.29 is 17.9 Å². The molecule has 36 heavy (non-hydrogen) atoms. The number of rotatable bonds is 8. The Hall–Kier alpha value is -3.03. The van der Waals surface area contributed by atoms with Crippen LogP contribution in [0.1, 0.15) is 70.9 Å². The number of nitrogens with one attached hydrogen (secondary N) is 2. The molecule has 0 radical (unpaired) electrons. The molecule has 0 spiro atoms. The highest BCUT2D eigenvalue weighted by atomic mass is 35.5. The van der Waals surface area contributed by atoms with E-state index in [9.17, 15) is 13.2 Å². The normalized spacial score (nSPS) is 12.4. The Kier molecular flexibility index (Phi) is 8.37. The highest BCUT2D eigenvalue weighted by Gasteiger charge is 2.22. The fraction of sp³-hybridized carbons (Fsp3) is 0.321. The van der Waals surface area contributed by atoms with E-state index in [2.05, 4.69) is 30.0 Å². The number of halogens is 1. The Balaban J connectivity index is 1.87. The average Bonchev–Trinajstić information content (AvgIpc) is 2.80. The quantitative estimate of drug-likeness (QED) is 0.341. The van der Waals surface area contributed by atoms with Gasteiger partial charge in [-0.25, -0.2) is 8.42 Å². The molecule has 0 saturated heterocycles. The van der Waals surface area contributed by atoms with Crippen LogP contribution < -0.4 is 14.8 Å². The Morgan fingerprint density at radius 2 is 1.58 bits per heavy atom. The van der Waals surface area contributed by atoms with Crippen molar-refractivity contribution in [2.24, 2.45) is 0 Å². The third-order valence-electron chi connectivity index (χ3n) is 6.30. The minimum atomic E-state index is -4.02. The van der Waals surface area contributed by atoms with Gasteiger partial charge in [-0.3, -0.25) is 9.52 Å². The number of ether oxygens (including phenoxy) is 1. The molecule has 2 N–H and O–H groups in total. The van der Waals surface area contributed by atoms with Gasteiger partial charge >= 0.3 is 0 Å². The summed E-state index contributed by atoms with van der Waals surface area (Å²) in [5, 5.41) is 3.01. The molecule has 1 atom stereocenters. The molecule has 6 nitrogen and oxygen atoms in total. The number of benzene rings is 3. The van der Waals surface area contributed by atoms with Crippen molar-refractivity contribution >= 4 is 33.2 Å². The smallest absolute Gasteiger partial charge is 0.263 e. The van der Waals surface area contributed by atoms with Crippen LogP contribution in [-0.4, -0.2) is 21.4 Å². The van der Waals surface area contributed by atoms with E-state index in [0.29, 0.717) is 5.69 Å². The maximum atomic E-state index is 13.1. The lowest BCUT2D eigenvalue weighted by molar-refractivity contribution is 0.0939. The zero-order valence-electron chi connectivity index (χ0n) is 21.7. The lowest BCUT2D eigenvalue weighted by atomic mass is 9.93. The van der Waals surface area contributed by atoms with Crippen LogP contribution in [0.2, 0.25) is 5.02 Å². The third-order valence-corrected chi connectivity index (χ3v) is 8.16. The van der Waals surface area contributed by atoms with Crippen molar-refractivity contribution in [2.45, 2.75) is 58.4 Å². The van der Waals surface area contributed by atoms with E-state index in [4.69, 9.17) is 16.3 Å². The van der Waals surface area contributed by atoms with Crippen molar-refractivity contribution in [3.8, 4) is 5.75 Å². The van der Waals surface area contributed by atoms with Crippen LogP contribution in [0.5, 0.6) is 5.75 Å². The van der Waals surface area contributed by atoms with Crippen LogP contribution in [-0.2, 0) is 10.0 Å². The number of carbonyl (C=O) groups excluding carboxylic acids is 1. The van der Waals surface area contributed by atoms with Crippen LogP contribution in [0.4, 0.5) is 5.69 Å². The van der Waals surface area contributed by atoms with Crippen LogP contribution in [0.3, 0.4) is 0 Å². The molecular weight excluding hydrogens is 496 g/mol. The number of methoxy groups -OCH3 is 1. The molecule has 0 bridgehead atoms. The van der Waals surface area contributed by atoms with E-state index in [-0.39, 0.29) is 27.4 Å². The second-order valence-electron chi connectivity index (χ2n) is 9.35. The number of carbonyl (C=O) groups is 1. The second kappa shape index (κ2) is 10.9. The zero-order chi connectivity index (χ0) is 26.8. The monoisotopic (exact) mass is 528 g/mol. The maximum Gasteiger partial charge on any atom is 0.263 e. The van der Waals surface area contributed by atoms with Gasteiger partial charge in [-0.05, 0) is 104 Å². The largest absolute Gasteiger partial charge is 0.496 e. The SMILES string of the molecule is COc1cc(C)c([C@H](C)NC(=O)c2ccc(Cl)c(S(=O)(=O)Nc3ccc(C)c(C)c3)c2)cc1C(C)C. The van der Waals surface area contributed by atoms with E-state index in [1.807, 2.05) is 39.8 Å². The van der Waals surface area contributed by atoms with Crippen molar-refractivity contribution in [1.82, 2.24) is 5.32 Å². The molecule has 3 rings (SSSR count). The molecule has 8 heteroatoms. The first-order chi connectivity index (χ1) is 16.8. The Bertz CT molecular complexity index is 1400. The molecule has 0 aliphatic rings. The fourth-order valence-electron chi connectivity index (χ4n) is 4.03. The first-order valence-electron chi connectivity index (χ1n) is 11.7. The van der Waals surface area contributed by atoms with Crippen molar-refractivity contribution in [1.29, 1.82) is 0 Å². The van der Waals surface area contributed by atoms with E-state index >= 15 is 0 Å². The number of anilines is 1. The van der Waals surface area contributed by atoms with Gasteiger partial charge in [-0.1, -0.05) is 31.5 Å². The van der Waals surface area contributed by atoms with Crippen molar-refractivity contribution in [3.05, 3.63) is 86.9 Å². The molecule has 0 aromatic heterocycles. The highest BCUT2D eigenvalue weighted by Crippen LogP contribution is 2.32. The van der Waals surface area contributed by atoms with Crippen LogP contribution in [0.15, 0.2) is 53.4 Å².